The molecular formula is C10H16FN3S. The number of rotatable bonds is 4. The average Bonchev–Trinajstić information content (AvgIpc) is 2.20. The summed E-state index contributed by atoms with van der Waals surface area (Å²) in [5.41, 5.74) is 0.855. The fraction of sp³-hybridized carbons (Fsp3) is 0.600. The van der Waals surface area contributed by atoms with Gasteiger partial charge in [0.05, 0.1) is 0 Å². The smallest absolute Gasteiger partial charge is 0.310 e. The summed E-state index contributed by atoms with van der Waals surface area (Å²) in [7, 11) is 0. The highest BCUT2D eigenvalue weighted by Gasteiger charge is 2.16. The lowest BCUT2D eigenvalue weighted by Gasteiger charge is -2.22. The van der Waals surface area contributed by atoms with Gasteiger partial charge in [-0.05, 0) is 27.0 Å². The van der Waals surface area contributed by atoms with Crippen LogP contribution in [-0.2, 0) is 0 Å². The van der Waals surface area contributed by atoms with Crippen LogP contribution in [-0.4, -0.2) is 27.5 Å². The van der Waals surface area contributed by atoms with Gasteiger partial charge in [0.2, 0.25) is 0 Å². The lowest BCUT2D eigenvalue weighted by atomic mass is 10.2. The van der Waals surface area contributed by atoms with Crippen molar-refractivity contribution in [1.82, 2.24) is 9.97 Å². The van der Waals surface area contributed by atoms with E-state index in [4.69, 9.17) is 0 Å². The van der Waals surface area contributed by atoms with Gasteiger partial charge in [-0.1, -0.05) is 0 Å². The molecule has 0 aliphatic carbocycles. The van der Waals surface area contributed by atoms with Crippen LogP contribution in [0.1, 0.15) is 19.4 Å². The summed E-state index contributed by atoms with van der Waals surface area (Å²) in [4.78, 5) is 7.19. The molecule has 0 atom stereocenters. The van der Waals surface area contributed by atoms with Gasteiger partial charge in [0.25, 0.3) is 0 Å². The molecule has 0 fully saturated rings. The van der Waals surface area contributed by atoms with Crippen molar-refractivity contribution in [3.63, 3.8) is 0 Å². The highest BCUT2D eigenvalue weighted by molar-refractivity contribution is 7.99. The molecule has 0 aliphatic heterocycles. The third-order valence-corrected chi connectivity index (χ3v) is 3.43. The van der Waals surface area contributed by atoms with E-state index >= 15 is 0 Å². The fourth-order valence-electron chi connectivity index (χ4n) is 0.968. The molecule has 1 aromatic heterocycles. The molecule has 0 spiro atoms. The molecule has 15 heavy (non-hydrogen) atoms. The molecule has 0 amide bonds. The first-order chi connectivity index (χ1) is 6.94. The lowest BCUT2D eigenvalue weighted by Crippen LogP contribution is -2.26. The van der Waals surface area contributed by atoms with Crippen molar-refractivity contribution in [1.29, 1.82) is 0 Å². The number of anilines is 1. The SMILES string of the molecule is CSC(C)(C)CNc1nc(F)ncc1C. The first kappa shape index (κ1) is 12.2. The Bertz CT molecular complexity index is 341. The fourth-order valence-corrected chi connectivity index (χ4v) is 1.18. The maximum absolute atomic E-state index is 12.8. The van der Waals surface area contributed by atoms with E-state index < -0.39 is 6.08 Å². The molecule has 1 N–H and O–H groups in total. The molecule has 0 aliphatic rings. The zero-order chi connectivity index (χ0) is 11.5. The summed E-state index contributed by atoms with van der Waals surface area (Å²) in [6.07, 6.45) is 2.84. The topological polar surface area (TPSA) is 37.8 Å². The summed E-state index contributed by atoms with van der Waals surface area (Å²) in [6, 6.07) is 0. The van der Waals surface area contributed by atoms with Crippen LogP contribution >= 0.6 is 11.8 Å². The third kappa shape index (κ3) is 3.66. The molecule has 0 saturated carbocycles. The van der Waals surface area contributed by atoms with Crippen molar-refractivity contribution in [2.24, 2.45) is 0 Å². The van der Waals surface area contributed by atoms with Gasteiger partial charge in [0, 0.05) is 23.1 Å². The molecule has 3 nitrogen and oxygen atoms in total. The van der Waals surface area contributed by atoms with Crippen LogP contribution < -0.4 is 5.32 Å². The van der Waals surface area contributed by atoms with E-state index in [1.54, 1.807) is 11.8 Å². The van der Waals surface area contributed by atoms with Gasteiger partial charge >= 0.3 is 6.08 Å². The van der Waals surface area contributed by atoms with Crippen molar-refractivity contribution in [3.05, 3.63) is 17.8 Å². The van der Waals surface area contributed by atoms with Crippen LogP contribution in [0.15, 0.2) is 6.20 Å². The van der Waals surface area contributed by atoms with Gasteiger partial charge in [-0.25, -0.2) is 4.98 Å². The average molecular weight is 229 g/mol. The summed E-state index contributed by atoms with van der Waals surface area (Å²) >= 11 is 1.76. The summed E-state index contributed by atoms with van der Waals surface area (Å²) in [5.74, 6) is 0.574. The van der Waals surface area contributed by atoms with Crippen molar-refractivity contribution >= 4 is 17.6 Å². The minimum atomic E-state index is -0.690. The maximum Gasteiger partial charge on any atom is 0.310 e. The van der Waals surface area contributed by atoms with E-state index in [1.807, 2.05) is 6.92 Å². The van der Waals surface area contributed by atoms with Gasteiger partial charge in [-0.15, -0.1) is 0 Å². The van der Waals surface area contributed by atoms with Gasteiger partial charge in [-0.2, -0.15) is 21.1 Å². The Kier molecular flexibility index (Phi) is 3.90. The zero-order valence-electron chi connectivity index (χ0n) is 9.47. The highest BCUT2D eigenvalue weighted by Crippen LogP contribution is 2.21. The zero-order valence-corrected chi connectivity index (χ0v) is 10.3. The maximum atomic E-state index is 12.8. The summed E-state index contributed by atoms with van der Waals surface area (Å²) in [6.45, 7) is 6.84. The number of hydrogen-bond acceptors (Lipinski definition) is 4. The second-order valence-corrected chi connectivity index (χ2v) is 5.50. The van der Waals surface area contributed by atoms with Gasteiger partial charge in [0.15, 0.2) is 0 Å². The third-order valence-electron chi connectivity index (χ3n) is 2.18. The first-order valence-electron chi connectivity index (χ1n) is 4.73. The molecule has 0 saturated heterocycles. The molecule has 0 bridgehead atoms. The van der Waals surface area contributed by atoms with E-state index in [9.17, 15) is 4.39 Å². The second kappa shape index (κ2) is 4.79. The monoisotopic (exact) mass is 229 g/mol. The summed E-state index contributed by atoms with van der Waals surface area (Å²) < 4.78 is 12.9. The first-order valence-corrected chi connectivity index (χ1v) is 5.95. The largest absolute Gasteiger partial charge is 0.368 e. The standard InChI is InChI=1S/C10H16FN3S/c1-7-5-12-9(11)14-8(7)13-6-10(2,3)15-4/h5H,6H2,1-4H3,(H,12,13,14). The van der Waals surface area contributed by atoms with E-state index in [0.717, 1.165) is 12.1 Å². The molecule has 0 aromatic carbocycles. The Hall–Kier alpha value is -0.840. The Morgan fingerprint density at radius 1 is 1.53 bits per heavy atom. The van der Waals surface area contributed by atoms with Crippen LogP contribution in [0.25, 0.3) is 0 Å². The van der Waals surface area contributed by atoms with E-state index in [0.29, 0.717) is 5.82 Å². The highest BCUT2D eigenvalue weighted by atomic mass is 32.2. The van der Waals surface area contributed by atoms with E-state index in [2.05, 4.69) is 35.4 Å². The Morgan fingerprint density at radius 2 is 2.20 bits per heavy atom. The Labute approximate surface area is 93.9 Å². The predicted octanol–water partition coefficient (Wildman–Crippen LogP) is 2.48. The number of nitrogens with zero attached hydrogens (tertiary/aromatic N) is 2. The number of nitrogens with one attached hydrogen (secondary N) is 1. The van der Waals surface area contributed by atoms with Gasteiger partial charge in [0.1, 0.15) is 5.82 Å². The Morgan fingerprint density at radius 3 is 2.80 bits per heavy atom. The summed E-state index contributed by atoms with van der Waals surface area (Å²) in [5, 5.41) is 3.13. The van der Waals surface area contributed by atoms with Crippen molar-refractivity contribution in [3.8, 4) is 0 Å². The van der Waals surface area contributed by atoms with Crippen molar-refractivity contribution in [2.75, 3.05) is 18.1 Å². The van der Waals surface area contributed by atoms with E-state index in [1.165, 1.54) is 6.20 Å². The number of aromatic nitrogens is 2. The van der Waals surface area contributed by atoms with Crippen LogP contribution in [0.3, 0.4) is 0 Å². The molecule has 84 valence electrons. The molecule has 1 rings (SSSR count). The Balaban J connectivity index is 2.69. The van der Waals surface area contributed by atoms with Crippen LogP contribution in [0.4, 0.5) is 10.2 Å². The molecule has 0 unspecified atom stereocenters. The molecule has 1 aromatic rings. The predicted molar refractivity (Wildman–Crippen MR) is 62.8 cm³/mol. The minimum Gasteiger partial charge on any atom is -0.368 e. The molecule has 1 heterocycles. The molecule has 0 radical (unpaired) electrons. The van der Waals surface area contributed by atoms with Gasteiger partial charge < -0.3 is 5.32 Å². The minimum absolute atomic E-state index is 0.105. The lowest BCUT2D eigenvalue weighted by molar-refractivity contribution is 0.538. The quantitative estimate of drug-likeness (QED) is 0.805. The van der Waals surface area contributed by atoms with Crippen LogP contribution in [0.5, 0.6) is 0 Å². The van der Waals surface area contributed by atoms with Crippen molar-refractivity contribution < 1.29 is 4.39 Å². The molecular weight excluding hydrogens is 213 g/mol. The van der Waals surface area contributed by atoms with Crippen LogP contribution in [0.2, 0.25) is 0 Å². The number of thioether (sulfide) groups is 1. The number of halogens is 1. The van der Waals surface area contributed by atoms with E-state index in [-0.39, 0.29) is 4.75 Å². The number of hydrogen-bond donors (Lipinski definition) is 1. The second-order valence-electron chi connectivity index (χ2n) is 3.99. The van der Waals surface area contributed by atoms with Crippen molar-refractivity contribution in [2.45, 2.75) is 25.5 Å². The van der Waals surface area contributed by atoms with Gasteiger partial charge in [-0.3, -0.25) is 0 Å². The normalized spacial score (nSPS) is 11.5. The number of aryl methyl sites for hydroxylation is 1. The molecule has 5 heteroatoms. The van der Waals surface area contributed by atoms with Crippen LogP contribution in [0, 0.1) is 13.0 Å².